The molecule has 3 aliphatic carbocycles. The first kappa shape index (κ1) is 13.3. The summed E-state index contributed by atoms with van der Waals surface area (Å²) >= 11 is 0. The molecule has 4 nitrogen and oxygen atoms in total. The average molecular weight is 298 g/mol. The Morgan fingerprint density at radius 1 is 0.682 bits per heavy atom. The molecule has 0 amide bonds. The van der Waals surface area contributed by atoms with Crippen molar-refractivity contribution in [1.29, 1.82) is 0 Å². The third-order valence-corrected chi connectivity index (χ3v) is 5.78. The summed E-state index contributed by atoms with van der Waals surface area (Å²) in [6, 6.07) is 0. The minimum absolute atomic E-state index is 0.0269. The van der Waals surface area contributed by atoms with Crippen LogP contribution in [0.15, 0.2) is 47.6 Å². The number of allylic oxidation sites excluding steroid dienone is 3. The SMILES string of the molecule is C1=C[C@]2(N3CCOCC3)C=C[C@]3(N4CCOCC4)C=CC1=C23. The minimum Gasteiger partial charge on any atom is -0.379 e. The quantitative estimate of drug-likeness (QED) is 0.714. The molecule has 22 heavy (non-hydrogen) atoms. The lowest BCUT2D eigenvalue weighted by molar-refractivity contribution is 0.00318. The molecular weight excluding hydrogens is 276 g/mol. The van der Waals surface area contributed by atoms with Gasteiger partial charge in [-0.3, -0.25) is 9.80 Å². The Hall–Kier alpha value is -1.20. The molecule has 2 aliphatic heterocycles. The molecule has 0 spiro atoms. The van der Waals surface area contributed by atoms with E-state index in [1.165, 1.54) is 5.57 Å². The van der Waals surface area contributed by atoms with E-state index in [9.17, 15) is 0 Å². The topological polar surface area (TPSA) is 24.9 Å². The van der Waals surface area contributed by atoms with Gasteiger partial charge in [0.1, 0.15) is 0 Å². The smallest absolute Gasteiger partial charge is 0.0830 e. The van der Waals surface area contributed by atoms with Crippen LogP contribution in [0.25, 0.3) is 0 Å². The molecule has 0 aromatic rings. The van der Waals surface area contributed by atoms with Crippen molar-refractivity contribution in [3.05, 3.63) is 47.6 Å². The molecule has 5 rings (SSSR count). The Morgan fingerprint density at radius 3 is 1.59 bits per heavy atom. The van der Waals surface area contributed by atoms with E-state index in [0.29, 0.717) is 0 Å². The first-order chi connectivity index (χ1) is 10.9. The molecule has 0 aromatic heterocycles. The summed E-state index contributed by atoms with van der Waals surface area (Å²) in [7, 11) is 0. The van der Waals surface area contributed by atoms with Crippen molar-refractivity contribution in [3.63, 3.8) is 0 Å². The van der Waals surface area contributed by atoms with E-state index in [0.717, 1.165) is 52.6 Å². The Balaban J connectivity index is 1.56. The molecule has 2 heterocycles. The maximum Gasteiger partial charge on any atom is 0.0830 e. The Bertz CT molecular complexity index is 559. The molecule has 0 radical (unpaired) electrons. The third kappa shape index (κ3) is 1.56. The van der Waals surface area contributed by atoms with E-state index in [1.807, 2.05) is 0 Å². The van der Waals surface area contributed by atoms with E-state index in [-0.39, 0.29) is 11.1 Å². The van der Waals surface area contributed by atoms with Gasteiger partial charge in [0.25, 0.3) is 0 Å². The number of morpholine rings is 2. The van der Waals surface area contributed by atoms with Crippen molar-refractivity contribution in [1.82, 2.24) is 9.80 Å². The van der Waals surface area contributed by atoms with Gasteiger partial charge >= 0.3 is 0 Å². The molecule has 0 unspecified atom stereocenters. The van der Waals surface area contributed by atoms with Gasteiger partial charge in [0.15, 0.2) is 0 Å². The second-order valence-electron chi connectivity index (χ2n) is 6.68. The van der Waals surface area contributed by atoms with E-state index in [2.05, 4.69) is 46.3 Å². The first-order valence-corrected chi connectivity index (χ1v) is 8.35. The van der Waals surface area contributed by atoms with Crippen LogP contribution in [0.2, 0.25) is 0 Å². The van der Waals surface area contributed by atoms with Crippen LogP contribution in [0.1, 0.15) is 0 Å². The van der Waals surface area contributed by atoms with E-state index in [1.54, 1.807) is 5.57 Å². The number of nitrogens with zero attached hydrogens (tertiary/aromatic N) is 2. The fraction of sp³-hybridized carbons (Fsp3) is 0.556. The Labute approximate surface area is 131 Å². The second kappa shape index (κ2) is 4.65. The van der Waals surface area contributed by atoms with Gasteiger partial charge < -0.3 is 9.47 Å². The molecular formula is C18H22N2O2. The van der Waals surface area contributed by atoms with Crippen molar-refractivity contribution < 1.29 is 9.47 Å². The predicted octanol–water partition coefficient (Wildman–Crippen LogP) is 1.13. The predicted molar refractivity (Wildman–Crippen MR) is 84.7 cm³/mol. The summed E-state index contributed by atoms with van der Waals surface area (Å²) in [5.74, 6) is 0. The van der Waals surface area contributed by atoms with Crippen molar-refractivity contribution in [2.24, 2.45) is 0 Å². The van der Waals surface area contributed by atoms with Gasteiger partial charge in [0.05, 0.1) is 37.5 Å². The normalized spacial score (nSPS) is 40.9. The van der Waals surface area contributed by atoms with Gasteiger partial charge in [-0.1, -0.05) is 36.5 Å². The number of hydrogen-bond acceptors (Lipinski definition) is 4. The molecule has 2 atom stereocenters. The monoisotopic (exact) mass is 298 g/mol. The molecule has 2 saturated heterocycles. The summed E-state index contributed by atoms with van der Waals surface area (Å²) in [4.78, 5) is 5.17. The molecule has 0 saturated carbocycles. The summed E-state index contributed by atoms with van der Waals surface area (Å²) in [5.41, 5.74) is 2.90. The molecule has 0 aromatic carbocycles. The molecule has 0 N–H and O–H groups in total. The fourth-order valence-electron chi connectivity index (χ4n) is 4.74. The Kier molecular flexibility index (Phi) is 2.80. The van der Waals surface area contributed by atoms with E-state index < -0.39 is 0 Å². The minimum atomic E-state index is -0.0269. The van der Waals surface area contributed by atoms with E-state index in [4.69, 9.17) is 9.47 Å². The van der Waals surface area contributed by atoms with Gasteiger partial charge in [-0.05, 0) is 11.1 Å². The number of ether oxygens (including phenoxy) is 2. The summed E-state index contributed by atoms with van der Waals surface area (Å²) in [6.45, 7) is 7.37. The number of hydrogen-bond donors (Lipinski definition) is 0. The van der Waals surface area contributed by atoms with Crippen molar-refractivity contribution in [3.8, 4) is 0 Å². The molecule has 5 aliphatic rings. The highest BCUT2D eigenvalue weighted by atomic mass is 16.5. The van der Waals surface area contributed by atoms with Crippen LogP contribution in [-0.4, -0.2) is 73.5 Å². The van der Waals surface area contributed by atoms with E-state index >= 15 is 0 Å². The molecule has 0 bridgehead atoms. The lowest BCUT2D eigenvalue weighted by atomic mass is 9.84. The summed E-state index contributed by atoms with van der Waals surface area (Å²) in [6.07, 6.45) is 14.3. The summed E-state index contributed by atoms with van der Waals surface area (Å²) < 4.78 is 11.1. The lowest BCUT2D eigenvalue weighted by Gasteiger charge is -2.46. The molecule has 116 valence electrons. The number of rotatable bonds is 2. The van der Waals surface area contributed by atoms with Crippen LogP contribution >= 0.6 is 0 Å². The van der Waals surface area contributed by atoms with Crippen molar-refractivity contribution >= 4 is 0 Å². The first-order valence-electron chi connectivity index (χ1n) is 8.35. The van der Waals surface area contributed by atoms with Crippen LogP contribution < -0.4 is 0 Å². The maximum absolute atomic E-state index is 5.57. The van der Waals surface area contributed by atoms with Gasteiger partial charge in [-0.2, -0.15) is 0 Å². The fourth-order valence-corrected chi connectivity index (χ4v) is 4.74. The second-order valence-corrected chi connectivity index (χ2v) is 6.68. The Morgan fingerprint density at radius 2 is 1.14 bits per heavy atom. The van der Waals surface area contributed by atoms with Crippen LogP contribution in [0.3, 0.4) is 0 Å². The lowest BCUT2D eigenvalue weighted by Crippen LogP contribution is -2.57. The van der Waals surface area contributed by atoms with Gasteiger partial charge in [0.2, 0.25) is 0 Å². The van der Waals surface area contributed by atoms with Crippen LogP contribution in [-0.2, 0) is 9.47 Å². The van der Waals surface area contributed by atoms with Gasteiger partial charge in [-0.15, -0.1) is 0 Å². The highest BCUT2D eigenvalue weighted by molar-refractivity contribution is 5.70. The summed E-state index contributed by atoms with van der Waals surface area (Å²) in [5, 5.41) is 0. The molecule has 2 fully saturated rings. The van der Waals surface area contributed by atoms with Crippen LogP contribution in [0, 0.1) is 0 Å². The van der Waals surface area contributed by atoms with Crippen molar-refractivity contribution in [2.45, 2.75) is 11.1 Å². The zero-order chi connectivity index (χ0) is 14.6. The van der Waals surface area contributed by atoms with Gasteiger partial charge in [0, 0.05) is 26.2 Å². The van der Waals surface area contributed by atoms with Gasteiger partial charge in [-0.25, -0.2) is 0 Å². The third-order valence-electron chi connectivity index (χ3n) is 5.78. The largest absolute Gasteiger partial charge is 0.379 e. The zero-order valence-electron chi connectivity index (χ0n) is 12.8. The zero-order valence-corrected chi connectivity index (χ0v) is 12.8. The van der Waals surface area contributed by atoms with Crippen molar-refractivity contribution in [2.75, 3.05) is 52.6 Å². The molecule has 4 heteroatoms. The van der Waals surface area contributed by atoms with Crippen LogP contribution in [0.4, 0.5) is 0 Å². The maximum atomic E-state index is 5.57. The average Bonchev–Trinajstić information content (AvgIpc) is 3.25. The highest BCUT2D eigenvalue weighted by Gasteiger charge is 2.56. The standard InChI is InChI=1S/C18H22N2O2/c1-3-17(19-7-11-21-12-8-19)5-6-18(4-2-15(1)16(17)18)20-9-13-22-14-10-20/h1-6H,7-14H2/t17-,18+. The van der Waals surface area contributed by atoms with Crippen LogP contribution in [0.5, 0.6) is 0 Å². The highest BCUT2D eigenvalue weighted by Crippen LogP contribution is 2.54.